The Labute approximate surface area is 91.6 Å². The zero-order chi connectivity index (χ0) is 11.1. The number of rotatable bonds is 6. The first-order chi connectivity index (χ1) is 7.29. The molecule has 1 N–H and O–H groups in total. The maximum Gasteiger partial charge on any atom is 0.115 e. The summed E-state index contributed by atoms with van der Waals surface area (Å²) in [4.78, 5) is 7.87. The van der Waals surface area contributed by atoms with Gasteiger partial charge in [0.05, 0.1) is 6.10 Å². The third-order valence-corrected chi connectivity index (χ3v) is 2.69. The van der Waals surface area contributed by atoms with Crippen LogP contribution in [0.4, 0.5) is 0 Å². The Kier molecular flexibility index (Phi) is 5.26. The van der Waals surface area contributed by atoms with Crippen LogP contribution in [-0.4, -0.2) is 15.1 Å². The Balaban J connectivity index is 2.67. The largest absolute Gasteiger partial charge is 0.388 e. The van der Waals surface area contributed by atoms with Crippen LogP contribution < -0.4 is 0 Å². The molecule has 3 nitrogen and oxygen atoms in total. The van der Waals surface area contributed by atoms with Crippen molar-refractivity contribution in [1.29, 1.82) is 0 Å². The van der Waals surface area contributed by atoms with Crippen molar-refractivity contribution in [2.45, 2.75) is 45.6 Å². The van der Waals surface area contributed by atoms with Crippen molar-refractivity contribution in [2.24, 2.45) is 5.92 Å². The average Bonchev–Trinajstić information content (AvgIpc) is 2.29. The highest BCUT2D eigenvalue weighted by Gasteiger charge is 2.19. The Bertz CT molecular complexity index is 258. The average molecular weight is 208 g/mol. The van der Waals surface area contributed by atoms with E-state index in [0.29, 0.717) is 5.92 Å². The molecule has 1 atom stereocenters. The van der Waals surface area contributed by atoms with Crippen LogP contribution in [0.1, 0.15) is 51.2 Å². The van der Waals surface area contributed by atoms with Crippen LogP contribution in [0.3, 0.4) is 0 Å². The Morgan fingerprint density at radius 3 is 2.13 bits per heavy atom. The first-order valence-corrected chi connectivity index (χ1v) is 5.72. The molecule has 0 bridgehead atoms. The third kappa shape index (κ3) is 3.59. The summed E-state index contributed by atoms with van der Waals surface area (Å²) in [6.07, 6.45) is 8.82. The van der Waals surface area contributed by atoms with Crippen molar-refractivity contribution in [2.75, 3.05) is 0 Å². The lowest BCUT2D eigenvalue weighted by Crippen LogP contribution is -2.13. The van der Waals surface area contributed by atoms with Gasteiger partial charge in [-0.25, -0.2) is 9.97 Å². The van der Waals surface area contributed by atoms with Gasteiger partial charge in [-0.15, -0.1) is 0 Å². The van der Waals surface area contributed by atoms with Crippen molar-refractivity contribution < 1.29 is 5.11 Å². The van der Waals surface area contributed by atoms with Crippen molar-refractivity contribution in [1.82, 2.24) is 9.97 Å². The van der Waals surface area contributed by atoms with Crippen LogP contribution in [0.15, 0.2) is 18.7 Å². The highest BCUT2D eigenvalue weighted by molar-refractivity contribution is 5.07. The van der Waals surface area contributed by atoms with Gasteiger partial charge in [0, 0.05) is 18.0 Å². The summed E-state index contributed by atoms with van der Waals surface area (Å²) >= 11 is 0. The molecule has 84 valence electrons. The number of aromatic nitrogens is 2. The van der Waals surface area contributed by atoms with Gasteiger partial charge < -0.3 is 5.11 Å². The van der Waals surface area contributed by atoms with E-state index in [9.17, 15) is 5.11 Å². The minimum absolute atomic E-state index is 0.339. The van der Waals surface area contributed by atoms with Crippen molar-refractivity contribution >= 4 is 0 Å². The first-order valence-electron chi connectivity index (χ1n) is 5.72. The van der Waals surface area contributed by atoms with E-state index in [1.807, 2.05) is 0 Å². The molecule has 0 spiro atoms. The topological polar surface area (TPSA) is 46.0 Å². The van der Waals surface area contributed by atoms with E-state index >= 15 is 0 Å². The summed E-state index contributed by atoms with van der Waals surface area (Å²) in [5.74, 6) is 0.339. The Morgan fingerprint density at radius 1 is 1.13 bits per heavy atom. The quantitative estimate of drug-likeness (QED) is 0.781. The summed E-state index contributed by atoms with van der Waals surface area (Å²) in [6, 6.07) is 0. The third-order valence-electron chi connectivity index (χ3n) is 2.69. The van der Waals surface area contributed by atoms with Gasteiger partial charge in [0.1, 0.15) is 6.33 Å². The molecule has 1 rings (SSSR count). The minimum Gasteiger partial charge on any atom is -0.388 e. The standard InChI is InChI=1S/C12H20N2O/c1-3-5-10(6-4-2)12(15)11-7-13-9-14-8-11/h7-10,12,15H,3-6H2,1-2H3. The van der Waals surface area contributed by atoms with Gasteiger partial charge in [0.25, 0.3) is 0 Å². The predicted octanol–water partition coefficient (Wildman–Crippen LogP) is 2.73. The summed E-state index contributed by atoms with van der Waals surface area (Å²) in [6.45, 7) is 4.30. The van der Waals surface area contributed by atoms with Crippen molar-refractivity contribution in [3.63, 3.8) is 0 Å². The molecule has 1 unspecified atom stereocenters. The van der Waals surface area contributed by atoms with Crippen LogP contribution in [-0.2, 0) is 0 Å². The second-order valence-corrected chi connectivity index (χ2v) is 3.95. The van der Waals surface area contributed by atoms with Gasteiger partial charge in [-0.3, -0.25) is 0 Å². The van der Waals surface area contributed by atoms with Gasteiger partial charge in [-0.1, -0.05) is 26.7 Å². The van der Waals surface area contributed by atoms with Crippen LogP contribution in [0, 0.1) is 5.92 Å². The molecule has 0 amide bonds. The molecule has 0 saturated carbocycles. The van der Waals surface area contributed by atoms with E-state index in [0.717, 1.165) is 31.2 Å². The van der Waals surface area contributed by atoms with Gasteiger partial charge in [-0.05, 0) is 18.8 Å². The molecule has 0 fully saturated rings. The number of hydrogen-bond acceptors (Lipinski definition) is 3. The molecule has 15 heavy (non-hydrogen) atoms. The molecule has 3 heteroatoms. The molecule has 0 aliphatic carbocycles. The molecule has 0 saturated heterocycles. The number of aliphatic hydroxyl groups excluding tert-OH is 1. The first kappa shape index (κ1) is 12.1. The molecular weight excluding hydrogens is 188 g/mol. The lowest BCUT2D eigenvalue weighted by atomic mass is 9.89. The molecule has 1 aromatic rings. The number of nitrogens with zero attached hydrogens (tertiary/aromatic N) is 2. The highest BCUT2D eigenvalue weighted by Crippen LogP contribution is 2.28. The summed E-state index contributed by atoms with van der Waals surface area (Å²) in [7, 11) is 0. The second kappa shape index (κ2) is 6.51. The molecule has 0 aliphatic heterocycles. The summed E-state index contributed by atoms with van der Waals surface area (Å²) < 4.78 is 0. The molecule has 1 heterocycles. The number of aliphatic hydroxyl groups is 1. The zero-order valence-corrected chi connectivity index (χ0v) is 9.56. The second-order valence-electron chi connectivity index (χ2n) is 3.95. The lowest BCUT2D eigenvalue weighted by molar-refractivity contribution is 0.0958. The van der Waals surface area contributed by atoms with Gasteiger partial charge >= 0.3 is 0 Å². The van der Waals surface area contributed by atoms with Crippen LogP contribution in [0.5, 0.6) is 0 Å². The molecular formula is C12H20N2O. The summed E-state index contributed by atoms with van der Waals surface area (Å²) in [5, 5.41) is 10.2. The van der Waals surface area contributed by atoms with E-state index in [4.69, 9.17) is 0 Å². The van der Waals surface area contributed by atoms with Crippen molar-refractivity contribution in [3.8, 4) is 0 Å². The fourth-order valence-corrected chi connectivity index (χ4v) is 1.94. The van der Waals surface area contributed by atoms with E-state index in [2.05, 4.69) is 23.8 Å². The van der Waals surface area contributed by atoms with Gasteiger partial charge in [-0.2, -0.15) is 0 Å². The van der Waals surface area contributed by atoms with Crippen LogP contribution in [0.25, 0.3) is 0 Å². The lowest BCUT2D eigenvalue weighted by Gasteiger charge is -2.21. The van der Waals surface area contributed by atoms with Crippen molar-refractivity contribution in [3.05, 3.63) is 24.3 Å². The summed E-state index contributed by atoms with van der Waals surface area (Å²) in [5.41, 5.74) is 0.837. The number of hydrogen-bond donors (Lipinski definition) is 1. The molecule has 0 radical (unpaired) electrons. The highest BCUT2D eigenvalue weighted by atomic mass is 16.3. The fraction of sp³-hybridized carbons (Fsp3) is 0.667. The monoisotopic (exact) mass is 208 g/mol. The normalized spacial score (nSPS) is 13.1. The predicted molar refractivity (Wildman–Crippen MR) is 60.3 cm³/mol. The molecule has 0 aromatic carbocycles. The SMILES string of the molecule is CCCC(CCC)C(O)c1cncnc1. The van der Waals surface area contributed by atoms with Crippen LogP contribution in [0.2, 0.25) is 0 Å². The minimum atomic E-state index is -0.411. The van der Waals surface area contributed by atoms with E-state index in [-0.39, 0.29) is 0 Å². The van der Waals surface area contributed by atoms with Gasteiger partial charge in [0.2, 0.25) is 0 Å². The Hall–Kier alpha value is -0.960. The smallest absolute Gasteiger partial charge is 0.115 e. The van der Waals surface area contributed by atoms with E-state index in [1.54, 1.807) is 12.4 Å². The Morgan fingerprint density at radius 2 is 1.67 bits per heavy atom. The van der Waals surface area contributed by atoms with E-state index in [1.165, 1.54) is 6.33 Å². The zero-order valence-electron chi connectivity index (χ0n) is 9.56. The molecule has 0 aliphatic rings. The maximum absolute atomic E-state index is 10.2. The molecule has 1 aromatic heterocycles. The van der Waals surface area contributed by atoms with E-state index < -0.39 is 6.10 Å². The maximum atomic E-state index is 10.2. The van der Waals surface area contributed by atoms with Gasteiger partial charge in [0.15, 0.2) is 0 Å². The van der Waals surface area contributed by atoms with Crippen LogP contribution >= 0.6 is 0 Å². The fourth-order valence-electron chi connectivity index (χ4n) is 1.94.